The van der Waals surface area contributed by atoms with Gasteiger partial charge in [0.05, 0.1) is 19.4 Å². The molecule has 7 nitrogen and oxygen atoms in total. The Bertz CT molecular complexity index is 1130. The summed E-state index contributed by atoms with van der Waals surface area (Å²) in [5, 5.41) is 5.62. The zero-order valence-electron chi connectivity index (χ0n) is 18.7. The van der Waals surface area contributed by atoms with Crippen LogP contribution in [-0.2, 0) is 17.9 Å². The van der Waals surface area contributed by atoms with Crippen LogP contribution < -0.4 is 15.4 Å². The number of alkyl halides is 3. The van der Waals surface area contributed by atoms with Gasteiger partial charge in [0, 0.05) is 23.8 Å². The second-order valence-corrected chi connectivity index (χ2v) is 8.29. The molecule has 0 spiro atoms. The topological polar surface area (TPSA) is 83.8 Å². The van der Waals surface area contributed by atoms with Crippen LogP contribution in [0, 0.1) is 0 Å². The molecule has 0 atom stereocenters. The summed E-state index contributed by atoms with van der Waals surface area (Å²) in [4.78, 5) is 26.7. The van der Waals surface area contributed by atoms with Gasteiger partial charge in [-0.1, -0.05) is 12.1 Å². The molecule has 2 amide bonds. The SMILES string of the molecule is O=C(CN(Cc1ccc(C(=O)NC2CC2)cc1)Cc1ccco1)Nc1ccc(OC(F)(F)F)cc1. The van der Waals surface area contributed by atoms with Gasteiger partial charge in [0.15, 0.2) is 0 Å². The Balaban J connectivity index is 1.37. The predicted octanol–water partition coefficient (Wildman–Crippen LogP) is 4.71. The average molecular weight is 487 g/mol. The van der Waals surface area contributed by atoms with Crippen molar-refractivity contribution in [1.29, 1.82) is 0 Å². The lowest BCUT2D eigenvalue weighted by atomic mass is 10.1. The third-order valence-corrected chi connectivity index (χ3v) is 5.23. The van der Waals surface area contributed by atoms with Gasteiger partial charge in [0.25, 0.3) is 5.91 Å². The van der Waals surface area contributed by atoms with Gasteiger partial charge in [0.1, 0.15) is 11.5 Å². The molecule has 10 heteroatoms. The van der Waals surface area contributed by atoms with Gasteiger partial charge in [-0.2, -0.15) is 0 Å². The van der Waals surface area contributed by atoms with Crippen molar-refractivity contribution in [1.82, 2.24) is 10.2 Å². The van der Waals surface area contributed by atoms with Crippen LogP contribution >= 0.6 is 0 Å². The smallest absolute Gasteiger partial charge is 0.468 e. The molecule has 4 rings (SSSR count). The van der Waals surface area contributed by atoms with Crippen molar-refractivity contribution >= 4 is 17.5 Å². The second kappa shape index (κ2) is 10.6. The molecular weight excluding hydrogens is 463 g/mol. The molecule has 184 valence electrons. The van der Waals surface area contributed by atoms with Crippen LogP contribution in [0.2, 0.25) is 0 Å². The molecule has 1 aliphatic rings. The fraction of sp³-hybridized carbons (Fsp3) is 0.280. The first-order valence-electron chi connectivity index (χ1n) is 11.0. The second-order valence-electron chi connectivity index (χ2n) is 8.29. The molecular formula is C25H24F3N3O4. The molecule has 35 heavy (non-hydrogen) atoms. The largest absolute Gasteiger partial charge is 0.573 e. The Morgan fingerprint density at radius 3 is 2.31 bits per heavy atom. The first-order valence-corrected chi connectivity index (χ1v) is 11.0. The van der Waals surface area contributed by atoms with Crippen LogP contribution in [0.5, 0.6) is 5.75 Å². The summed E-state index contributed by atoms with van der Waals surface area (Å²) in [5.74, 6) is -0.143. The number of halogens is 3. The van der Waals surface area contributed by atoms with E-state index in [0.29, 0.717) is 30.1 Å². The monoisotopic (exact) mass is 487 g/mol. The van der Waals surface area contributed by atoms with Crippen molar-refractivity contribution in [2.45, 2.75) is 38.3 Å². The Morgan fingerprint density at radius 2 is 1.71 bits per heavy atom. The van der Waals surface area contributed by atoms with E-state index >= 15 is 0 Å². The summed E-state index contributed by atoms with van der Waals surface area (Å²) >= 11 is 0. The van der Waals surface area contributed by atoms with E-state index in [4.69, 9.17) is 4.42 Å². The molecule has 2 N–H and O–H groups in total. The van der Waals surface area contributed by atoms with E-state index in [1.54, 1.807) is 30.5 Å². The summed E-state index contributed by atoms with van der Waals surface area (Å²) in [6, 6.07) is 15.9. The van der Waals surface area contributed by atoms with Gasteiger partial charge in [-0.15, -0.1) is 13.2 Å². The maximum atomic E-state index is 12.7. The van der Waals surface area contributed by atoms with Gasteiger partial charge in [-0.05, 0) is 66.9 Å². The van der Waals surface area contributed by atoms with E-state index in [2.05, 4.69) is 15.4 Å². The quantitative estimate of drug-likeness (QED) is 0.433. The highest BCUT2D eigenvalue weighted by atomic mass is 19.4. The molecule has 0 radical (unpaired) electrons. The lowest BCUT2D eigenvalue weighted by Gasteiger charge is -2.21. The minimum absolute atomic E-state index is 0.00538. The first kappa shape index (κ1) is 24.3. The van der Waals surface area contributed by atoms with E-state index in [1.807, 2.05) is 17.0 Å². The molecule has 1 aromatic heterocycles. The zero-order valence-corrected chi connectivity index (χ0v) is 18.7. The number of carbonyl (C=O) groups is 2. The number of hydrogen-bond acceptors (Lipinski definition) is 5. The highest BCUT2D eigenvalue weighted by Crippen LogP contribution is 2.24. The van der Waals surface area contributed by atoms with Crippen LogP contribution in [0.25, 0.3) is 0 Å². The van der Waals surface area contributed by atoms with Gasteiger partial charge in [0.2, 0.25) is 5.91 Å². The van der Waals surface area contributed by atoms with Crippen molar-refractivity contribution in [2.75, 3.05) is 11.9 Å². The summed E-state index contributed by atoms with van der Waals surface area (Å²) in [7, 11) is 0. The third kappa shape index (κ3) is 7.89. The van der Waals surface area contributed by atoms with Crippen LogP contribution in [0.15, 0.2) is 71.3 Å². The number of furan rings is 1. The number of carbonyl (C=O) groups excluding carboxylic acids is 2. The Morgan fingerprint density at radius 1 is 1.00 bits per heavy atom. The summed E-state index contributed by atoms with van der Waals surface area (Å²) in [6.07, 6.45) is -1.21. The maximum absolute atomic E-state index is 12.7. The average Bonchev–Trinajstić information content (AvgIpc) is 3.46. The molecule has 0 unspecified atom stereocenters. The Kier molecular flexibility index (Phi) is 7.40. The Hall–Kier alpha value is -3.79. The summed E-state index contributed by atoms with van der Waals surface area (Å²) in [6.45, 7) is 0.783. The minimum atomic E-state index is -4.78. The van der Waals surface area contributed by atoms with Crippen LogP contribution in [0.3, 0.4) is 0 Å². The number of amides is 2. The Labute approximate surface area is 199 Å². The number of benzene rings is 2. The van der Waals surface area contributed by atoms with Crippen molar-refractivity contribution in [3.8, 4) is 5.75 Å². The lowest BCUT2D eigenvalue weighted by Crippen LogP contribution is -2.32. The highest BCUT2D eigenvalue weighted by Gasteiger charge is 2.31. The fourth-order valence-electron chi connectivity index (χ4n) is 3.45. The molecule has 0 bridgehead atoms. The molecule has 0 saturated heterocycles. The fourth-order valence-corrected chi connectivity index (χ4v) is 3.45. The van der Waals surface area contributed by atoms with Crippen LogP contribution in [0.1, 0.15) is 34.5 Å². The number of ether oxygens (including phenoxy) is 1. The molecule has 2 aromatic carbocycles. The first-order chi connectivity index (χ1) is 16.7. The van der Waals surface area contributed by atoms with Gasteiger partial charge >= 0.3 is 6.36 Å². The van der Waals surface area contributed by atoms with Crippen molar-refractivity contribution in [3.05, 3.63) is 83.8 Å². The van der Waals surface area contributed by atoms with E-state index in [-0.39, 0.29) is 30.2 Å². The number of rotatable bonds is 10. The lowest BCUT2D eigenvalue weighted by molar-refractivity contribution is -0.274. The number of hydrogen-bond donors (Lipinski definition) is 2. The van der Waals surface area contributed by atoms with Crippen molar-refractivity contribution in [2.24, 2.45) is 0 Å². The van der Waals surface area contributed by atoms with Crippen molar-refractivity contribution in [3.63, 3.8) is 0 Å². The molecule has 1 fully saturated rings. The number of anilines is 1. The molecule has 3 aromatic rings. The zero-order chi connectivity index (χ0) is 24.8. The number of nitrogens with zero attached hydrogens (tertiary/aromatic N) is 1. The van der Waals surface area contributed by atoms with Crippen LogP contribution in [-0.4, -0.2) is 35.7 Å². The molecule has 1 heterocycles. The van der Waals surface area contributed by atoms with Gasteiger partial charge in [-0.3, -0.25) is 14.5 Å². The minimum Gasteiger partial charge on any atom is -0.468 e. The summed E-state index contributed by atoms with van der Waals surface area (Å²) < 4.78 is 46.2. The standard InChI is InChI=1S/C25H24F3N3O4/c26-25(27,28)35-21-11-9-19(10-12-21)29-23(32)16-31(15-22-2-1-13-34-22)14-17-3-5-18(6-4-17)24(33)30-20-7-8-20/h1-6,9-13,20H,7-8,14-16H2,(H,29,32)(H,30,33). The third-order valence-electron chi connectivity index (χ3n) is 5.23. The maximum Gasteiger partial charge on any atom is 0.573 e. The van der Waals surface area contributed by atoms with E-state index in [9.17, 15) is 22.8 Å². The van der Waals surface area contributed by atoms with Crippen LogP contribution in [0.4, 0.5) is 18.9 Å². The van der Waals surface area contributed by atoms with Gasteiger partial charge < -0.3 is 19.8 Å². The van der Waals surface area contributed by atoms with Gasteiger partial charge in [-0.25, -0.2) is 0 Å². The summed E-state index contributed by atoms with van der Waals surface area (Å²) in [5.41, 5.74) is 1.82. The molecule has 1 aliphatic carbocycles. The number of nitrogens with one attached hydrogen (secondary N) is 2. The molecule has 1 saturated carbocycles. The highest BCUT2D eigenvalue weighted by molar-refractivity contribution is 5.94. The predicted molar refractivity (Wildman–Crippen MR) is 122 cm³/mol. The normalized spacial score (nSPS) is 13.5. The van der Waals surface area contributed by atoms with E-state index in [1.165, 1.54) is 12.1 Å². The molecule has 0 aliphatic heterocycles. The van der Waals surface area contributed by atoms with Crippen molar-refractivity contribution < 1.29 is 31.9 Å². The van der Waals surface area contributed by atoms with E-state index in [0.717, 1.165) is 30.5 Å². The van der Waals surface area contributed by atoms with E-state index < -0.39 is 6.36 Å².